The Kier molecular flexibility index (Phi) is 6.70. The van der Waals surface area contributed by atoms with Crippen LogP contribution in [-0.2, 0) is 4.79 Å². The van der Waals surface area contributed by atoms with Gasteiger partial charge in [-0.05, 0) is 42.0 Å². The van der Waals surface area contributed by atoms with Crippen LogP contribution in [-0.4, -0.2) is 29.5 Å². The second-order valence-corrected chi connectivity index (χ2v) is 8.26. The standard InChI is InChI=1S/C24H20ClN3O2S/c1-30-22-9-5-4-8-20(22)27-23(29)15-31-24-14-21(16-10-12-17(25)13-11-16)26-18-6-2-3-7-19(18)28-24/h2-13H,14-15H2,1H3,(H,27,29). The van der Waals surface area contributed by atoms with E-state index < -0.39 is 0 Å². The summed E-state index contributed by atoms with van der Waals surface area (Å²) >= 11 is 7.45. The maximum atomic E-state index is 12.6. The van der Waals surface area contributed by atoms with E-state index in [1.54, 1.807) is 7.11 Å². The number of carbonyl (C=O) groups excluding carboxylic acids is 1. The van der Waals surface area contributed by atoms with Gasteiger partial charge in [-0.25, -0.2) is 4.99 Å². The summed E-state index contributed by atoms with van der Waals surface area (Å²) in [6.45, 7) is 0. The second kappa shape index (κ2) is 9.81. The first-order valence-electron chi connectivity index (χ1n) is 9.68. The van der Waals surface area contributed by atoms with Gasteiger partial charge in [0.15, 0.2) is 0 Å². The molecule has 0 unspecified atom stereocenters. The Morgan fingerprint density at radius 3 is 2.42 bits per heavy atom. The molecule has 0 atom stereocenters. The monoisotopic (exact) mass is 449 g/mol. The molecule has 31 heavy (non-hydrogen) atoms. The highest BCUT2D eigenvalue weighted by atomic mass is 35.5. The summed E-state index contributed by atoms with van der Waals surface area (Å²) in [5, 5.41) is 4.40. The van der Waals surface area contributed by atoms with Crippen molar-refractivity contribution in [1.29, 1.82) is 0 Å². The van der Waals surface area contributed by atoms with Crippen LogP contribution in [0.3, 0.4) is 0 Å². The molecule has 0 saturated carbocycles. The molecule has 156 valence electrons. The number of anilines is 1. The maximum absolute atomic E-state index is 12.6. The van der Waals surface area contributed by atoms with E-state index in [1.807, 2.05) is 72.8 Å². The van der Waals surface area contributed by atoms with Crippen molar-refractivity contribution in [2.24, 2.45) is 9.98 Å². The van der Waals surface area contributed by atoms with E-state index in [-0.39, 0.29) is 11.7 Å². The van der Waals surface area contributed by atoms with Gasteiger partial charge >= 0.3 is 0 Å². The zero-order chi connectivity index (χ0) is 21.6. The van der Waals surface area contributed by atoms with Gasteiger partial charge in [-0.1, -0.05) is 48.0 Å². The van der Waals surface area contributed by atoms with Crippen LogP contribution in [0.2, 0.25) is 5.02 Å². The number of amides is 1. The molecule has 0 aromatic heterocycles. The highest BCUT2D eigenvalue weighted by Crippen LogP contribution is 2.33. The van der Waals surface area contributed by atoms with Crippen molar-refractivity contribution in [3.63, 3.8) is 0 Å². The molecule has 4 rings (SSSR count). The van der Waals surface area contributed by atoms with Crippen molar-refractivity contribution in [3.8, 4) is 5.75 Å². The van der Waals surface area contributed by atoms with Crippen molar-refractivity contribution in [3.05, 3.63) is 83.4 Å². The number of nitrogens with zero attached hydrogens (tertiary/aromatic N) is 2. The van der Waals surface area contributed by atoms with Crippen LogP contribution in [0, 0.1) is 0 Å². The molecule has 1 N–H and O–H groups in total. The molecule has 7 heteroatoms. The number of para-hydroxylation sites is 4. The van der Waals surface area contributed by atoms with Gasteiger partial charge < -0.3 is 10.1 Å². The van der Waals surface area contributed by atoms with Gasteiger partial charge in [-0.3, -0.25) is 9.79 Å². The Labute approximate surface area is 190 Å². The number of ether oxygens (including phenoxy) is 1. The molecule has 1 aliphatic heterocycles. The van der Waals surface area contributed by atoms with Crippen LogP contribution in [0.15, 0.2) is 82.8 Å². The fourth-order valence-corrected chi connectivity index (χ4v) is 4.03. The van der Waals surface area contributed by atoms with E-state index in [4.69, 9.17) is 26.3 Å². The molecule has 0 aliphatic carbocycles. The molecule has 0 bridgehead atoms. The first-order valence-corrected chi connectivity index (χ1v) is 11.0. The zero-order valence-corrected chi connectivity index (χ0v) is 18.4. The molecule has 0 fully saturated rings. The van der Waals surface area contributed by atoms with Gasteiger partial charge in [0, 0.05) is 11.4 Å². The van der Waals surface area contributed by atoms with Crippen LogP contribution < -0.4 is 10.1 Å². The second-order valence-electron chi connectivity index (χ2n) is 6.77. The minimum absolute atomic E-state index is 0.125. The number of nitrogens with one attached hydrogen (secondary N) is 1. The lowest BCUT2D eigenvalue weighted by molar-refractivity contribution is -0.113. The topological polar surface area (TPSA) is 63.0 Å². The van der Waals surface area contributed by atoms with Crippen LogP contribution in [0.25, 0.3) is 0 Å². The van der Waals surface area contributed by atoms with Crippen molar-refractivity contribution in [2.45, 2.75) is 6.42 Å². The van der Waals surface area contributed by atoms with Crippen molar-refractivity contribution >= 4 is 57.1 Å². The predicted molar refractivity (Wildman–Crippen MR) is 130 cm³/mol. The van der Waals surface area contributed by atoms with Crippen LogP contribution in [0.4, 0.5) is 17.1 Å². The van der Waals surface area contributed by atoms with Gasteiger partial charge in [0.05, 0.1) is 40.7 Å². The summed E-state index contributed by atoms with van der Waals surface area (Å²) in [6.07, 6.45) is 0.531. The number of hydrogen-bond donors (Lipinski definition) is 1. The smallest absolute Gasteiger partial charge is 0.234 e. The first kappa shape index (κ1) is 21.2. The molecular formula is C24H20ClN3O2S. The van der Waals surface area contributed by atoms with Gasteiger partial charge in [0.25, 0.3) is 0 Å². The first-order chi connectivity index (χ1) is 15.1. The van der Waals surface area contributed by atoms with E-state index in [0.717, 1.165) is 27.7 Å². The fourth-order valence-electron chi connectivity index (χ4n) is 3.13. The third-order valence-corrected chi connectivity index (χ3v) is 5.86. The molecule has 5 nitrogen and oxygen atoms in total. The van der Waals surface area contributed by atoms with Gasteiger partial charge in [0.2, 0.25) is 5.91 Å². The quantitative estimate of drug-likeness (QED) is 0.498. The molecule has 3 aromatic carbocycles. The normalized spacial score (nSPS) is 12.8. The van der Waals surface area contributed by atoms with E-state index in [0.29, 0.717) is 22.9 Å². The van der Waals surface area contributed by atoms with Gasteiger partial charge in [0.1, 0.15) is 5.75 Å². The highest BCUT2D eigenvalue weighted by Gasteiger charge is 2.17. The van der Waals surface area contributed by atoms with E-state index in [1.165, 1.54) is 11.8 Å². The van der Waals surface area contributed by atoms with Gasteiger partial charge in [-0.2, -0.15) is 0 Å². The third-order valence-electron chi connectivity index (χ3n) is 4.63. The summed E-state index contributed by atoms with van der Waals surface area (Å²) in [7, 11) is 1.58. The van der Waals surface area contributed by atoms with Crippen LogP contribution in [0.5, 0.6) is 5.75 Å². The van der Waals surface area contributed by atoms with Crippen LogP contribution in [0.1, 0.15) is 12.0 Å². The predicted octanol–water partition coefficient (Wildman–Crippen LogP) is 6.28. The lowest BCUT2D eigenvalue weighted by Gasteiger charge is -2.10. The van der Waals surface area contributed by atoms with Gasteiger partial charge in [-0.15, -0.1) is 11.8 Å². The summed E-state index contributed by atoms with van der Waals surface area (Å²) in [6, 6.07) is 22.7. The third kappa shape index (κ3) is 5.34. The Morgan fingerprint density at radius 1 is 1.00 bits per heavy atom. The lowest BCUT2D eigenvalue weighted by atomic mass is 10.1. The maximum Gasteiger partial charge on any atom is 0.234 e. The number of fused-ring (bicyclic) bond motifs is 1. The Balaban J connectivity index is 1.52. The number of aliphatic imine (C=N–C) groups is 2. The van der Waals surface area contributed by atoms with E-state index >= 15 is 0 Å². The number of carbonyl (C=O) groups is 1. The number of hydrogen-bond acceptors (Lipinski definition) is 5. The van der Waals surface area contributed by atoms with E-state index in [2.05, 4.69) is 5.32 Å². The fraction of sp³-hybridized carbons (Fsp3) is 0.125. The minimum Gasteiger partial charge on any atom is -0.495 e. The largest absolute Gasteiger partial charge is 0.495 e. The Bertz CT molecular complexity index is 1160. The Hall–Kier alpha value is -3.09. The van der Waals surface area contributed by atoms with Crippen molar-refractivity contribution < 1.29 is 9.53 Å². The highest BCUT2D eigenvalue weighted by molar-refractivity contribution is 8.14. The molecule has 0 saturated heterocycles. The summed E-state index contributed by atoms with van der Waals surface area (Å²) in [4.78, 5) is 22.2. The number of halogens is 1. The van der Waals surface area contributed by atoms with Crippen molar-refractivity contribution in [1.82, 2.24) is 0 Å². The summed E-state index contributed by atoms with van der Waals surface area (Å²) in [5.41, 5.74) is 4.11. The lowest BCUT2D eigenvalue weighted by Crippen LogP contribution is -2.16. The summed E-state index contributed by atoms with van der Waals surface area (Å²) < 4.78 is 5.30. The average molecular weight is 450 g/mol. The molecule has 3 aromatic rings. The molecule has 1 aliphatic rings. The van der Waals surface area contributed by atoms with Crippen molar-refractivity contribution in [2.75, 3.05) is 18.2 Å². The molecular weight excluding hydrogens is 430 g/mol. The average Bonchev–Trinajstić information content (AvgIpc) is 2.98. The van der Waals surface area contributed by atoms with Crippen LogP contribution >= 0.6 is 23.4 Å². The number of rotatable bonds is 5. The molecule has 0 radical (unpaired) electrons. The molecule has 0 spiro atoms. The minimum atomic E-state index is -0.125. The molecule has 1 heterocycles. The summed E-state index contributed by atoms with van der Waals surface area (Å²) in [5.74, 6) is 0.728. The van der Waals surface area contributed by atoms with E-state index in [9.17, 15) is 4.79 Å². The SMILES string of the molecule is COc1ccccc1NC(=O)CSC1=Nc2ccccc2N=C(c2ccc(Cl)cc2)C1. The Morgan fingerprint density at radius 2 is 1.68 bits per heavy atom. The number of thioether (sulfide) groups is 1. The number of benzene rings is 3. The zero-order valence-electron chi connectivity index (χ0n) is 16.8. The molecule has 1 amide bonds. The number of methoxy groups -OCH3 is 1.